The number of nitrogens with zero attached hydrogens (tertiary/aromatic N) is 1. The Balaban J connectivity index is 1.67. The topological polar surface area (TPSA) is 77.1 Å². The van der Waals surface area contributed by atoms with Crippen LogP contribution in [0.3, 0.4) is 0 Å². The molecule has 3 atom stereocenters. The first kappa shape index (κ1) is 26.6. The molecular weight excluding hydrogens is 489 g/mol. The molecule has 1 unspecified atom stereocenters. The number of hydrogen-bond donors (Lipinski definition) is 1. The van der Waals surface area contributed by atoms with Gasteiger partial charge in [-0.1, -0.05) is 23.7 Å². The normalized spacial score (nSPS) is 19.1. The Morgan fingerprint density at radius 3 is 2.51 bits per heavy atom. The van der Waals surface area contributed by atoms with Crippen LogP contribution in [0, 0.1) is 0 Å². The van der Waals surface area contributed by atoms with Gasteiger partial charge in [0.2, 0.25) is 5.91 Å². The summed E-state index contributed by atoms with van der Waals surface area (Å²) in [7, 11) is 0. The summed E-state index contributed by atoms with van der Waals surface area (Å²) in [6.07, 6.45) is -5.92. The predicted octanol–water partition coefficient (Wildman–Crippen LogP) is 4.69. The molecule has 0 saturated carbocycles. The number of amides is 1. The summed E-state index contributed by atoms with van der Waals surface area (Å²) < 4.78 is 55.1. The van der Waals surface area contributed by atoms with E-state index in [9.17, 15) is 22.8 Å². The molecule has 0 bridgehead atoms. The average Bonchev–Trinajstić information content (AvgIpc) is 3.12. The SMILES string of the molecule is CC(=O)Nc1ccccc1OC[C@@H](CN1CC(Oc2ccc(Cl)cc2)C[C@H]1C)OC(=O)C(F)(F)F. The molecule has 11 heteroatoms. The number of anilines is 1. The van der Waals surface area contributed by atoms with Gasteiger partial charge in [-0.3, -0.25) is 9.69 Å². The number of carbonyl (C=O) groups excluding carboxylic acids is 2. The van der Waals surface area contributed by atoms with Crippen molar-refractivity contribution in [2.45, 2.75) is 44.7 Å². The van der Waals surface area contributed by atoms with E-state index in [1.807, 2.05) is 11.8 Å². The molecule has 1 fully saturated rings. The van der Waals surface area contributed by atoms with E-state index in [0.29, 0.717) is 29.4 Å². The second-order valence-electron chi connectivity index (χ2n) is 8.25. The van der Waals surface area contributed by atoms with Crippen molar-refractivity contribution in [3.05, 3.63) is 53.6 Å². The highest BCUT2D eigenvalue weighted by Crippen LogP contribution is 2.27. The highest BCUT2D eigenvalue weighted by Gasteiger charge is 2.43. The smallest absolute Gasteiger partial charge is 0.489 e. The van der Waals surface area contributed by atoms with Crippen LogP contribution >= 0.6 is 11.6 Å². The Kier molecular flexibility index (Phi) is 8.85. The van der Waals surface area contributed by atoms with Gasteiger partial charge < -0.3 is 19.5 Å². The fraction of sp³-hybridized carbons (Fsp3) is 0.417. The van der Waals surface area contributed by atoms with Crippen molar-refractivity contribution >= 4 is 29.2 Å². The van der Waals surface area contributed by atoms with E-state index in [1.54, 1.807) is 48.5 Å². The van der Waals surface area contributed by atoms with Crippen LogP contribution in [0.5, 0.6) is 11.5 Å². The lowest BCUT2D eigenvalue weighted by molar-refractivity contribution is -0.206. The molecular formula is C24H26ClF3N2O5. The summed E-state index contributed by atoms with van der Waals surface area (Å²) in [6.45, 7) is 3.32. The zero-order valence-corrected chi connectivity index (χ0v) is 19.9. The molecule has 1 aliphatic heterocycles. The molecule has 1 aliphatic rings. The number of halogens is 4. The third-order valence-corrected chi connectivity index (χ3v) is 5.60. The largest absolute Gasteiger partial charge is 0.490 e. The number of alkyl halides is 3. The number of likely N-dealkylation sites (tertiary alicyclic amines) is 1. The molecule has 0 spiro atoms. The minimum atomic E-state index is -5.14. The Morgan fingerprint density at radius 1 is 1.17 bits per heavy atom. The second kappa shape index (κ2) is 11.6. The van der Waals surface area contributed by atoms with Crippen LogP contribution in [-0.4, -0.2) is 60.9 Å². The number of esters is 1. The van der Waals surface area contributed by atoms with Gasteiger partial charge in [-0.05, 0) is 43.3 Å². The van der Waals surface area contributed by atoms with Gasteiger partial charge in [0, 0.05) is 37.5 Å². The number of benzene rings is 2. The third-order valence-electron chi connectivity index (χ3n) is 5.35. The quantitative estimate of drug-likeness (QED) is 0.489. The van der Waals surface area contributed by atoms with Crippen molar-refractivity contribution < 1.29 is 37.0 Å². The van der Waals surface area contributed by atoms with Gasteiger partial charge in [0.05, 0.1) is 5.69 Å². The Morgan fingerprint density at radius 2 is 1.86 bits per heavy atom. The summed E-state index contributed by atoms with van der Waals surface area (Å²) in [4.78, 5) is 24.9. The number of nitrogens with one attached hydrogen (secondary N) is 1. The summed E-state index contributed by atoms with van der Waals surface area (Å²) >= 11 is 5.90. The number of carbonyl (C=O) groups is 2. The number of ether oxygens (including phenoxy) is 3. The van der Waals surface area contributed by atoms with Crippen LogP contribution in [0.1, 0.15) is 20.3 Å². The van der Waals surface area contributed by atoms with E-state index in [2.05, 4.69) is 5.32 Å². The summed E-state index contributed by atoms with van der Waals surface area (Å²) in [5.41, 5.74) is 0.354. The Labute approximate surface area is 206 Å². The molecule has 7 nitrogen and oxygen atoms in total. The van der Waals surface area contributed by atoms with Crippen LogP contribution in [0.15, 0.2) is 48.5 Å². The fourth-order valence-corrected chi connectivity index (χ4v) is 3.89. The number of rotatable bonds is 9. The lowest BCUT2D eigenvalue weighted by Crippen LogP contribution is -2.42. The van der Waals surface area contributed by atoms with E-state index in [1.165, 1.54) is 6.92 Å². The average molecular weight is 515 g/mol. The monoisotopic (exact) mass is 514 g/mol. The van der Waals surface area contributed by atoms with Crippen molar-refractivity contribution in [3.63, 3.8) is 0 Å². The molecule has 1 saturated heterocycles. The van der Waals surface area contributed by atoms with E-state index < -0.39 is 18.2 Å². The first-order valence-electron chi connectivity index (χ1n) is 10.9. The number of para-hydroxylation sites is 2. The van der Waals surface area contributed by atoms with Crippen LogP contribution in [0.2, 0.25) is 5.02 Å². The Bertz CT molecular complexity index is 1020. The first-order chi connectivity index (χ1) is 16.5. The maximum absolute atomic E-state index is 12.9. The highest BCUT2D eigenvalue weighted by molar-refractivity contribution is 6.30. The van der Waals surface area contributed by atoms with Gasteiger partial charge in [-0.15, -0.1) is 0 Å². The van der Waals surface area contributed by atoms with Crippen molar-refractivity contribution in [3.8, 4) is 11.5 Å². The van der Waals surface area contributed by atoms with E-state index in [4.69, 9.17) is 25.8 Å². The molecule has 3 rings (SSSR count). The molecule has 2 aromatic carbocycles. The maximum atomic E-state index is 12.9. The molecule has 0 aliphatic carbocycles. The van der Waals surface area contributed by atoms with Crippen molar-refractivity contribution in [1.82, 2.24) is 4.90 Å². The molecule has 0 radical (unpaired) electrons. The van der Waals surface area contributed by atoms with Gasteiger partial charge in [0.25, 0.3) is 0 Å². The highest BCUT2D eigenvalue weighted by atomic mass is 35.5. The standard InChI is InChI=1S/C24H26ClF3N2O5/c1-15-11-19(34-18-9-7-17(25)8-10-18)12-30(15)13-20(35-23(32)24(26,27)28)14-33-22-6-4-3-5-21(22)29-16(2)31/h3-10,15,19-20H,11-14H2,1-2H3,(H,29,31)/t15-,19?,20-/m1/s1. The first-order valence-corrected chi connectivity index (χ1v) is 11.3. The third kappa shape index (κ3) is 8.03. The summed E-state index contributed by atoms with van der Waals surface area (Å²) in [5, 5.41) is 3.16. The molecule has 2 aromatic rings. The number of hydrogen-bond acceptors (Lipinski definition) is 6. The molecule has 190 valence electrons. The molecule has 1 amide bonds. The second-order valence-corrected chi connectivity index (χ2v) is 8.68. The van der Waals surface area contributed by atoms with Crippen molar-refractivity contribution in [2.75, 3.05) is 25.0 Å². The molecule has 1 N–H and O–H groups in total. The van der Waals surface area contributed by atoms with Gasteiger partial charge in [-0.25, -0.2) is 4.79 Å². The molecule has 1 heterocycles. The van der Waals surface area contributed by atoms with Gasteiger partial charge in [0.1, 0.15) is 30.3 Å². The minimum Gasteiger partial charge on any atom is -0.489 e. The van der Waals surface area contributed by atoms with Crippen LogP contribution < -0.4 is 14.8 Å². The van der Waals surface area contributed by atoms with Crippen molar-refractivity contribution in [1.29, 1.82) is 0 Å². The Hall–Kier alpha value is -2.98. The predicted molar refractivity (Wildman–Crippen MR) is 124 cm³/mol. The van der Waals surface area contributed by atoms with Gasteiger partial charge in [-0.2, -0.15) is 13.2 Å². The summed E-state index contributed by atoms with van der Waals surface area (Å²) in [6, 6.07) is 13.3. The maximum Gasteiger partial charge on any atom is 0.490 e. The zero-order valence-electron chi connectivity index (χ0n) is 19.2. The van der Waals surface area contributed by atoms with E-state index >= 15 is 0 Å². The lowest BCUT2D eigenvalue weighted by atomic mass is 10.2. The van der Waals surface area contributed by atoms with Crippen LogP contribution in [0.4, 0.5) is 18.9 Å². The van der Waals surface area contributed by atoms with Gasteiger partial charge in [0.15, 0.2) is 0 Å². The zero-order chi connectivity index (χ0) is 25.6. The van der Waals surface area contributed by atoms with Crippen molar-refractivity contribution in [2.24, 2.45) is 0 Å². The lowest BCUT2D eigenvalue weighted by Gasteiger charge is -2.27. The molecule has 35 heavy (non-hydrogen) atoms. The minimum absolute atomic E-state index is 0.00572. The van der Waals surface area contributed by atoms with Crippen LogP contribution in [-0.2, 0) is 14.3 Å². The van der Waals surface area contributed by atoms with E-state index in [-0.39, 0.29) is 37.0 Å². The molecule has 0 aromatic heterocycles. The van der Waals surface area contributed by atoms with Gasteiger partial charge >= 0.3 is 12.1 Å². The summed E-state index contributed by atoms with van der Waals surface area (Å²) in [5.74, 6) is -1.75. The van der Waals surface area contributed by atoms with Crippen LogP contribution in [0.25, 0.3) is 0 Å². The fourth-order valence-electron chi connectivity index (χ4n) is 3.76. The van der Waals surface area contributed by atoms with E-state index in [0.717, 1.165) is 0 Å².